The maximum atomic E-state index is 9.85. The Labute approximate surface area is 146 Å². The van der Waals surface area contributed by atoms with Crippen molar-refractivity contribution in [2.45, 2.75) is 19.1 Å². The molecule has 0 saturated carbocycles. The summed E-state index contributed by atoms with van der Waals surface area (Å²) in [4.78, 5) is 7.03. The van der Waals surface area contributed by atoms with Crippen LogP contribution in [0.15, 0.2) is 42.7 Å². The van der Waals surface area contributed by atoms with Crippen LogP contribution in [0.5, 0.6) is 0 Å². The van der Waals surface area contributed by atoms with E-state index in [4.69, 9.17) is 9.72 Å². The van der Waals surface area contributed by atoms with Gasteiger partial charge in [-0.15, -0.1) is 0 Å². The normalized spacial score (nSPS) is 21.0. The Morgan fingerprint density at radius 3 is 2.92 bits per heavy atom. The van der Waals surface area contributed by atoms with Crippen LogP contribution in [0, 0.1) is 0 Å². The molecular formula is C19H22N4O2. The minimum absolute atomic E-state index is 0.0336. The van der Waals surface area contributed by atoms with Gasteiger partial charge >= 0.3 is 0 Å². The van der Waals surface area contributed by atoms with Crippen molar-refractivity contribution in [3.63, 3.8) is 0 Å². The molecule has 0 radical (unpaired) electrons. The van der Waals surface area contributed by atoms with Gasteiger partial charge in [0.25, 0.3) is 0 Å². The molecule has 1 atom stereocenters. The highest BCUT2D eigenvalue weighted by Gasteiger charge is 2.36. The van der Waals surface area contributed by atoms with Crippen LogP contribution in [-0.2, 0) is 24.0 Å². The Morgan fingerprint density at radius 2 is 2.16 bits per heavy atom. The molecular weight excluding hydrogens is 316 g/mol. The van der Waals surface area contributed by atoms with Gasteiger partial charge in [0.05, 0.1) is 31.5 Å². The summed E-state index contributed by atoms with van der Waals surface area (Å²) in [6.07, 6.45) is 3.84. The third-order valence-electron chi connectivity index (χ3n) is 4.84. The van der Waals surface area contributed by atoms with Crippen molar-refractivity contribution in [1.29, 1.82) is 0 Å². The topological polar surface area (TPSA) is 63.4 Å². The SMILES string of the molecule is Cn1cc(C2(C)CN(c3nc4ccccc4cc3CO)CCO2)cn1. The van der Waals surface area contributed by atoms with Gasteiger partial charge in [0.15, 0.2) is 0 Å². The molecule has 6 nitrogen and oxygen atoms in total. The first-order valence-corrected chi connectivity index (χ1v) is 8.47. The summed E-state index contributed by atoms with van der Waals surface area (Å²) in [6.45, 7) is 4.06. The summed E-state index contributed by atoms with van der Waals surface area (Å²) in [5.74, 6) is 0.833. The van der Waals surface area contributed by atoms with Gasteiger partial charge in [-0.1, -0.05) is 18.2 Å². The summed E-state index contributed by atoms with van der Waals surface area (Å²) >= 11 is 0. The lowest BCUT2D eigenvalue weighted by Gasteiger charge is -2.41. The summed E-state index contributed by atoms with van der Waals surface area (Å²) in [7, 11) is 1.90. The molecule has 1 saturated heterocycles. The second kappa shape index (κ2) is 6.13. The number of hydrogen-bond donors (Lipinski definition) is 1. The summed E-state index contributed by atoms with van der Waals surface area (Å²) in [5.41, 5.74) is 2.37. The van der Waals surface area contributed by atoms with Gasteiger partial charge in [0.1, 0.15) is 11.4 Å². The largest absolute Gasteiger partial charge is 0.392 e. The van der Waals surface area contributed by atoms with E-state index in [9.17, 15) is 5.11 Å². The molecule has 1 aromatic carbocycles. The van der Waals surface area contributed by atoms with Crippen LogP contribution in [-0.4, -0.2) is 39.6 Å². The van der Waals surface area contributed by atoms with E-state index in [1.807, 2.05) is 49.8 Å². The van der Waals surface area contributed by atoms with Crippen molar-refractivity contribution >= 4 is 16.7 Å². The number of ether oxygens (including phenoxy) is 1. The van der Waals surface area contributed by atoms with Gasteiger partial charge in [0.2, 0.25) is 0 Å². The van der Waals surface area contributed by atoms with E-state index in [-0.39, 0.29) is 6.61 Å². The Hall–Kier alpha value is -2.44. The average Bonchev–Trinajstić information content (AvgIpc) is 3.08. The molecule has 1 unspecified atom stereocenters. The highest BCUT2D eigenvalue weighted by Crippen LogP contribution is 2.33. The summed E-state index contributed by atoms with van der Waals surface area (Å²) < 4.78 is 7.88. The second-order valence-corrected chi connectivity index (χ2v) is 6.73. The van der Waals surface area contributed by atoms with Gasteiger partial charge in [-0.2, -0.15) is 5.10 Å². The molecule has 1 fully saturated rings. The number of hydrogen-bond acceptors (Lipinski definition) is 5. The molecule has 0 spiro atoms. The molecule has 2 aromatic heterocycles. The van der Waals surface area contributed by atoms with Gasteiger partial charge in [-0.3, -0.25) is 4.68 Å². The number of morpholine rings is 1. The fourth-order valence-electron chi connectivity index (χ4n) is 3.46. The maximum Gasteiger partial charge on any atom is 0.135 e. The molecule has 6 heteroatoms. The summed E-state index contributed by atoms with van der Waals surface area (Å²) in [6, 6.07) is 10.0. The van der Waals surface area contributed by atoms with Crippen molar-refractivity contribution in [1.82, 2.24) is 14.8 Å². The number of aliphatic hydroxyl groups excluding tert-OH is 1. The Balaban J connectivity index is 1.72. The van der Waals surface area contributed by atoms with Crippen molar-refractivity contribution in [2.24, 2.45) is 7.05 Å². The molecule has 0 bridgehead atoms. The Kier molecular flexibility index (Phi) is 3.94. The van der Waals surface area contributed by atoms with Crippen LogP contribution < -0.4 is 4.90 Å². The number of benzene rings is 1. The predicted molar refractivity (Wildman–Crippen MR) is 96.4 cm³/mol. The van der Waals surface area contributed by atoms with E-state index in [2.05, 4.69) is 16.9 Å². The fraction of sp³-hybridized carbons (Fsp3) is 0.368. The van der Waals surface area contributed by atoms with Crippen molar-refractivity contribution in [3.05, 3.63) is 53.9 Å². The van der Waals surface area contributed by atoms with Crippen LogP contribution in [0.4, 0.5) is 5.82 Å². The average molecular weight is 338 g/mol. The number of pyridine rings is 1. The van der Waals surface area contributed by atoms with Gasteiger partial charge in [-0.25, -0.2) is 4.98 Å². The molecule has 130 valence electrons. The number of rotatable bonds is 3. The second-order valence-electron chi connectivity index (χ2n) is 6.73. The monoisotopic (exact) mass is 338 g/mol. The molecule has 1 N–H and O–H groups in total. The third-order valence-corrected chi connectivity index (χ3v) is 4.84. The van der Waals surface area contributed by atoms with E-state index in [1.165, 1.54) is 0 Å². The molecule has 3 heterocycles. The summed E-state index contributed by atoms with van der Waals surface area (Å²) in [5, 5.41) is 15.2. The van der Waals surface area contributed by atoms with Crippen LogP contribution in [0.25, 0.3) is 10.9 Å². The molecule has 0 amide bonds. The molecule has 4 rings (SSSR count). The lowest BCUT2D eigenvalue weighted by Crippen LogP contribution is -2.48. The van der Waals surface area contributed by atoms with Crippen molar-refractivity contribution in [3.8, 4) is 0 Å². The Bertz CT molecular complexity index is 907. The highest BCUT2D eigenvalue weighted by molar-refractivity contribution is 5.81. The number of nitrogens with zero attached hydrogens (tertiary/aromatic N) is 4. The van der Waals surface area contributed by atoms with E-state index in [0.717, 1.165) is 34.4 Å². The van der Waals surface area contributed by atoms with Crippen LogP contribution in [0.3, 0.4) is 0 Å². The molecule has 3 aromatic rings. The standard InChI is InChI=1S/C19H22N4O2/c1-19(16-10-20-22(2)11-16)13-23(7-8-25-19)18-15(12-24)9-14-5-3-4-6-17(14)21-18/h3-6,9-11,24H,7-8,12-13H2,1-2H3. The van der Waals surface area contributed by atoms with E-state index < -0.39 is 5.60 Å². The quantitative estimate of drug-likeness (QED) is 0.793. The molecule has 25 heavy (non-hydrogen) atoms. The molecule has 0 aliphatic carbocycles. The third kappa shape index (κ3) is 2.88. The zero-order valence-electron chi connectivity index (χ0n) is 14.5. The van der Waals surface area contributed by atoms with Crippen molar-refractivity contribution < 1.29 is 9.84 Å². The molecule has 1 aliphatic heterocycles. The predicted octanol–water partition coefficient (Wildman–Crippen LogP) is 2.21. The van der Waals surface area contributed by atoms with Gasteiger partial charge in [0, 0.05) is 36.3 Å². The first-order chi connectivity index (χ1) is 12.1. The number of para-hydroxylation sites is 1. The number of anilines is 1. The van der Waals surface area contributed by atoms with E-state index in [0.29, 0.717) is 13.2 Å². The minimum atomic E-state index is -0.452. The zero-order chi connectivity index (χ0) is 17.4. The van der Waals surface area contributed by atoms with Crippen molar-refractivity contribution in [2.75, 3.05) is 24.6 Å². The lowest BCUT2D eigenvalue weighted by molar-refractivity contribution is -0.0469. The van der Waals surface area contributed by atoms with Crippen LogP contribution in [0.2, 0.25) is 0 Å². The van der Waals surface area contributed by atoms with Crippen LogP contribution in [0.1, 0.15) is 18.1 Å². The number of fused-ring (bicyclic) bond motifs is 1. The number of aryl methyl sites for hydroxylation is 1. The van der Waals surface area contributed by atoms with E-state index in [1.54, 1.807) is 4.68 Å². The first-order valence-electron chi connectivity index (χ1n) is 8.47. The minimum Gasteiger partial charge on any atom is -0.392 e. The van der Waals surface area contributed by atoms with Crippen LogP contribution >= 0.6 is 0 Å². The first kappa shape index (κ1) is 16.1. The Morgan fingerprint density at radius 1 is 1.32 bits per heavy atom. The van der Waals surface area contributed by atoms with E-state index >= 15 is 0 Å². The molecule has 1 aliphatic rings. The smallest absolute Gasteiger partial charge is 0.135 e. The lowest BCUT2D eigenvalue weighted by atomic mass is 9.96. The van der Waals surface area contributed by atoms with Gasteiger partial charge < -0.3 is 14.7 Å². The zero-order valence-corrected chi connectivity index (χ0v) is 14.5. The highest BCUT2D eigenvalue weighted by atomic mass is 16.5. The van der Waals surface area contributed by atoms with Gasteiger partial charge in [-0.05, 0) is 19.1 Å². The fourth-order valence-corrected chi connectivity index (χ4v) is 3.46. The maximum absolute atomic E-state index is 9.85. The number of aromatic nitrogens is 3. The number of aliphatic hydroxyl groups is 1.